The van der Waals surface area contributed by atoms with E-state index in [1.165, 1.54) is 0 Å². The Morgan fingerprint density at radius 3 is 2.50 bits per heavy atom. The van der Waals surface area contributed by atoms with E-state index in [2.05, 4.69) is 34.6 Å². The second kappa shape index (κ2) is 6.43. The van der Waals surface area contributed by atoms with Gasteiger partial charge in [0.25, 0.3) is 0 Å². The summed E-state index contributed by atoms with van der Waals surface area (Å²) in [7, 11) is -1.61. The van der Waals surface area contributed by atoms with Gasteiger partial charge < -0.3 is 4.43 Å². The summed E-state index contributed by atoms with van der Waals surface area (Å²) in [5.41, 5.74) is 1.09. The zero-order chi connectivity index (χ0) is 14.4. The number of nitrogens with zero attached hydrogens (tertiary/aromatic N) is 3. The predicted octanol–water partition coefficient (Wildman–Crippen LogP) is 3.31. The Morgan fingerprint density at radius 2 is 1.80 bits per heavy atom. The van der Waals surface area contributed by atoms with Crippen molar-refractivity contribution < 1.29 is 4.43 Å². The molecule has 0 aliphatic carbocycles. The Balaban J connectivity index is 2.08. The summed E-state index contributed by atoms with van der Waals surface area (Å²) >= 11 is 0. The van der Waals surface area contributed by atoms with Gasteiger partial charge in [0.1, 0.15) is 5.75 Å². The van der Waals surface area contributed by atoms with Gasteiger partial charge >= 0.3 is 0 Å². The summed E-state index contributed by atoms with van der Waals surface area (Å²) in [6.07, 6.45) is 5.10. The van der Waals surface area contributed by atoms with E-state index < -0.39 is 8.32 Å². The molecule has 0 radical (unpaired) electrons. The Morgan fingerprint density at radius 1 is 1.10 bits per heavy atom. The molecule has 0 aliphatic heterocycles. The molecule has 0 saturated heterocycles. The zero-order valence-electron chi connectivity index (χ0n) is 12.1. The molecule has 0 atom stereocenters. The number of rotatable bonds is 5. The molecule has 104 valence electrons. The van der Waals surface area contributed by atoms with Crippen LogP contribution in [0.5, 0.6) is 5.75 Å². The lowest BCUT2D eigenvalue weighted by Gasteiger charge is -2.21. The van der Waals surface area contributed by atoms with Crippen LogP contribution in [0.15, 0.2) is 47.7 Å². The largest absolute Gasteiger partial charge is 0.544 e. The lowest BCUT2D eigenvalue weighted by Crippen LogP contribution is -2.29. The third kappa shape index (κ3) is 4.58. The van der Waals surface area contributed by atoms with Crippen LogP contribution in [-0.2, 0) is 6.54 Å². The first-order chi connectivity index (χ1) is 9.54. The highest BCUT2D eigenvalue weighted by atomic mass is 28.4. The van der Waals surface area contributed by atoms with Crippen LogP contribution in [0.1, 0.15) is 11.4 Å². The van der Waals surface area contributed by atoms with Gasteiger partial charge in [0.15, 0.2) is 5.82 Å². The quantitative estimate of drug-likeness (QED) is 0.625. The van der Waals surface area contributed by atoms with Crippen LogP contribution in [0.4, 0.5) is 0 Å². The molecular formula is C15H19N3OSi. The van der Waals surface area contributed by atoms with Gasteiger partial charge in [-0.1, -0.05) is 18.2 Å². The number of aliphatic imine (C=N–C) groups is 1. The average Bonchev–Trinajstić information content (AvgIpc) is 2.40. The summed E-state index contributed by atoms with van der Waals surface area (Å²) in [5, 5.41) is 0. The molecule has 0 spiro atoms. The standard InChI is InChI=1S/C15H19N3OSi/c1-20(2,3)19-14-8-5-4-7-13(14)11-16-12-15-17-9-6-10-18-15/h4-10,12H,11H2,1-3H3/b16-12-. The van der Waals surface area contributed by atoms with Gasteiger partial charge in [0.05, 0.1) is 12.8 Å². The van der Waals surface area contributed by atoms with E-state index in [9.17, 15) is 0 Å². The molecule has 20 heavy (non-hydrogen) atoms. The highest BCUT2D eigenvalue weighted by Crippen LogP contribution is 2.22. The van der Waals surface area contributed by atoms with Crippen molar-refractivity contribution in [2.24, 2.45) is 4.99 Å². The molecule has 0 aliphatic rings. The van der Waals surface area contributed by atoms with E-state index in [1.807, 2.05) is 24.3 Å². The highest BCUT2D eigenvalue weighted by molar-refractivity contribution is 6.70. The van der Waals surface area contributed by atoms with Crippen molar-refractivity contribution in [2.75, 3.05) is 0 Å². The van der Waals surface area contributed by atoms with Gasteiger partial charge in [0.2, 0.25) is 8.32 Å². The van der Waals surface area contributed by atoms with E-state index in [0.717, 1.165) is 11.3 Å². The maximum Gasteiger partial charge on any atom is 0.242 e. The average molecular weight is 285 g/mol. The number of hydrogen-bond acceptors (Lipinski definition) is 4. The first-order valence-corrected chi connectivity index (χ1v) is 9.99. The van der Waals surface area contributed by atoms with Gasteiger partial charge in [0, 0.05) is 18.0 Å². The zero-order valence-corrected chi connectivity index (χ0v) is 13.1. The minimum absolute atomic E-state index is 0.568. The van der Waals surface area contributed by atoms with Gasteiger partial charge in [-0.3, -0.25) is 4.99 Å². The fourth-order valence-electron chi connectivity index (χ4n) is 1.67. The molecule has 1 aromatic carbocycles. The van der Waals surface area contributed by atoms with Crippen LogP contribution in [-0.4, -0.2) is 24.5 Å². The summed E-state index contributed by atoms with van der Waals surface area (Å²) in [4.78, 5) is 12.6. The van der Waals surface area contributed by atoms with Gasteiger partial charge in [-0.25, -0.2) is 9.97 Å². The number of benzene rings is 1. The van der Waals surface area contributed by atoms with E-state index in [0.29, 0.717) is 12.4 Å². The van der Waals surface area contributed by atoms with Crippen molar-refractivity contribution in [3.05, 3.63) is 54.1 Å². The fraction of sp³-hybridized carbons (Fsp3) is 0.267. The Kier molecular flexibility index (Phi) is 4.63. The van der Waals surface area contributed by atoms with Crippen molar-refractivity contribution in [3.63, 3.8) is 0 Å². The van der Waals surface area contributed by atoms with E-state index in [4.69, 9.17) is 4.43 Å². The molecule has 4 nitrogen and oxygen atoms in total. The normalized spacial score (nSPS) is 11.8. The lowest BCUT2D eigenvalue weighted by atomic mass is 10.2. The number of para-hydroxylation sites is 1. The minimum atomic E-state index is -1.61. The fourth-order valence-corrected chi connectivity index (χ4v) is 2.53. The molecular weight excluding hydrogens is 266 g/mol. The summed E-state index contributed by atoms with van der Waals surface area (Å²) in [5.74, 6) is 1.55. The molecule has 0 fully saturated rings. The third-order valence-corrected chi connectivity index (χ3v) is 3.28. The molecule has 5 heteroatoms. The minimum Gasteiger partial charge on any atom is -0.544 e. The van der Waals surface area contributed by atoms with Crippen LogP contribution in [0, 0.1) is 0 Å². The molecule has 0 unspecified atom stereocenters. The first-order valence-electron chi connectivity index (χ1n) is 6.58. The smallest absolute Gasteiger partial charge is 0.242 e. The van der Waals surface area contributed by atoms with E-state index >= 15 is 0 Å². The van der Waals surface area contributed by atoms with Gasteiger partial charge in [-0.2, -0.15) is 0 Å². The first kappa shape index (κ1) is 14.4. The molecule has 0 amide bonds. The predicted molar refractivity (Wildman–Crippen MR) is 83.7 cm³/mol. The van der Waals surface area contributed by atoms with E-state index in [-0.39, 0.29) is 0 Å². The molecule has 1 heterocycles. The maximum atomic E-state index is 6.07. The lowest BCUT2D eigenvalue weighted by molar-refractivity contribution is 0.549. The van der Waals surface area contributed by atoms with Crippen molar-refractivity contribution in [1.82, 2.24) is 9.97 Å². The molecule has 1 aromatic heterocycles. The second-order valence-electron chi connectivity index (χ2n) is 5.40. The maximum absolute atomic E-state index is 6.07. The summed E-state index contributed by atoms with van der Waals surface area (Å²) in [6.45, 7) is 7.08. The van der Waals surface area contributed by atoms with Crippen molar-refractivity contribution in [2.45, 2.75) is 26.2 Å². The van der Waals surface area contributed by atoms with Crippen LogP contribution >= 0.6 is 0 Å². The van der Waals surface area contributed by atoms with Crippen molar-refractivity contribution in [1.29, 1.82) is 0 Å². The topological polar surface area (TPSA) is 47.4 Å². The Labute approximate surface area is 120 Å². The van der Waals surface area contributed by atoms with Crippen LogP contribution in [0.2, 0.25) is 19.6 Å². The summed E-state index contributed by atoms with van der Waals surface area (Å²) in [6, 6.07) is 9.82. The molecule has 2 aromatic rings. The van der Waals surface area contributed by atoms with Gasteiger partial charge in [-0.15, -0.1) is 0 Å². The number of hydrogen-bond donors (Lipinski definition) is 0. The molecule has 2 rings (SSSR count). The second-order valence-corrected chi connectivity index (χ2v) is 9.83. The molecule has 0 N–H and O–H groups in total. The van der Waals surface area contributed by atoms with Crippen LogP contribution in [0.3, 0.4) is 0 Å². The molecule has 0 bridgehead atoms. The summed E-state index contributed by atoms with van der Waals surface area (Å²) < 4.78 is 6.07. The third-order valence-electron chi connectivity index (χ3n) is 2.44. The van der Waals surface area contributed by atoms with Crippen LogP contribution < -0.4 is 4.43 Å². The SMILES string of the molecule is C[Si](C)(C)Oc1ccccc1C/N=C\c1ncccn1. The number of aromatic nitrogens is 2. The molecule has 0 saturated carbocycles. The van der Waals surface area contributed by atoms with Crippen LogP contribution in [0.25, 0.3) is 0 Å². The Hall–Kier alpha value is -2.01. The highest BCUT2D eigenvalue weighted by Gasteiger charge is 2.17. The Bertz CT molecular complexity index is 579. The van der Waals surface area contributed by atoms with Gasteiger partial charge in [-0.05, 0) is 31.8 Å². The monoisotopic (exact) mass is 285 g/mol. The van der Waals surface area contributed by atoms with Crippen molar-refractivity contribution >= 4 is 14.5 Å². The van der Waals surface area contributed by atoms with E-state index in [1.54, 1.807) is 24.7 Å². The van der Waals surface area contributed by atoms with Crippen molar-refractivity contribution in [3.8, 4) is 5.75 Å².